The molecule has 10 aliphatic rings. The number of aliphatic hydroxyl groups is 1. The van der Waals surface area contributed by atoms with Gasteiger partial charge in [0.1, 0.15) is 0 Å². The Hall–Kier alpha value is -0.360. The van der Waals surface area contributed by atoms with Crippen LogP contribution >= 0.6 is 0 Å². The molecule has 9 nitrogen and oxygen atoms in total. The van der Waals surface area contributed by atoms with E-state index in [1.165, 1.54) is 12.8 Å². The summed E-state index contributed by atoms with van der Waals surface area (Å²) in [4.78, 5) is 24.9. The summed E-state index contributed by atoms with van der Waals surface area (Å²) < 4.78 is 27.2. The van der Waals surface area contributed by atoms with Crippen LogP contribution in [0.1, 0.15) is 112 Å². The van der Waals surface area contributed by atoms with Crippen molar-refractivity contribution in [3.05, 3.63) is 0 Å². The van der Waals surface area contributed by atoms with Crippen molar-refractivity contribution in [2.24, 2.45) is 53.3 Å². The van der Waals surface area contributed by atoms with Gasteiger partial charge in [0.25, 0.3) is 0 Å². The Kier molecular flexibility index (Phi) is 7.61. The first-order chi connectivity index (χ1) is 21.1. The third-order valence-corrected chi connectivity index (χ3v) is 14.2. The SMILES string of the molecule is CC[C@H]1[C@@H](CC(CO)C[C@H]2O[C@@H]3O[C@]4(C)CC[C@H]5[C@H](C)CC[C@@H]([C@H]2C)[C@@]35OO4)O[C@@H]2O[C@]3(C)CC[C@H]4[C@H](C)CC[C@@H]1[C@@]24OO3. The van der Waals surface area contributed by atoms with Gasteiger partial charge in [-0.1, -0.05) is 34.1 Å². The molecule has 4 bridgehead atoms. The van der Waals surface area contributed by atoms with Gasteiger partial charge in [0.2, 0.25) is 11.6 Å². The van der Waals surface area contributed by atoms with Crippen LogP contribution in [0, 0.1) is 53.3 Å². The first-order valence-corrected chi connectivity index (χ1v) is 18.1. The third-order valence-electron chi connectivity index (χ3n) is 14.2. The number of fused-ring (bicyclic) bond motifs is 4. The maximum atomic E-state index is 10.8. The molecule has 9 heteroatoms. The number of hydrogen-bond acceptors (Lipinski definition) is 9. The topological polar surface area (TPSA) is 94.1 Å². The number of aliphatic hydroxyl groups excluding tert-OH is 1. The normalized spacial score (nSPS) is 58.4. The summed E-state index contributed by atoms with van der Waals surface area (Å²) in [7, 11) is 0. The molecule has 0 amide bonds. The van der Waals surface area contributed by atoms with Gasteiger partial charge in [0.05, 0.1) is 12.2 Å². The summed E-state index contributed by atoms with van der Waals surface area (Å²) in [5.74, 6) is 1.42. The number of hydrogen-bond donors (Lipinski definition) is 1. The third kappa shape index (κ3) is 4.36. The minimum Gasteiger partial charge on any atom is -0.396 e. The Balaban J connectivity index is 1.03. The molecule has 250 valence electrons. The average molecular weight is 621 g/mol. The van der Waals surface area contributed by atoms with Gasteiger partial charge in [0.15, 0.2) is 23.8 Å². The fraction of sp³-hybridized carbons (Fsp3) is 1.00. The highest BCUT2D eigenvalue weighted by atomic mass is 17.3. The van der Waals surface area contributed by atoms with Crippen LogP contribution in [0.4, 0.5) is 0 Å². The Morgan fingerprint density at radius 1 is 0.659 bits per heavy atom. The summed E-state index contributed by atoms with van der Waals surface area (Å²) in [6.45, 7) is 13.4. The van der Waals surface area contributed by atoms with E-state index in [4.69, 9.17) is 38.5 Å². The molecule has 2 aliphatic carbocycles. The zero-order chi connectivity index (χ0) is 30.6. The van der Waals surface area contributed by atoms with E-state index in [0.717, 1.165) is 57.8 Å². The molecule has 17 atom stereocenters. The van der Waals surface area contributed by atoms with Crippen molar-refractivity contribution in [3.63, 3.8) is 0 Å². The molecule has 1 N–H and O–H groups in total. The lowest BCUT2D eigenvalue weighted by atomic mass is 9.56. The van der Waals surface area contributed by atoms with Crippen LogP contribution in [0.2, 0.25) is 0 Å². The van der Waals surface area contributed by atoms with Crippen LogP contribution in [0.25, 0.3) is 0 Å². The van der Waals surface area contributed by atoms with Gasteiger partial charge >= 0.3 is 0 Å². The molecular formula is C35H56O9. The molecule has 2 spiro atoms. The first kappa shape index (κ1) is 30.9. The quantitative estimate of drug-likeness (QED) is 0.345. The second-order valence-corrected chi connectivity index (χ2v) is 16.6. The molecule has 10 fully saturated rings. The van der Waals surface area contributed by atoms with E-state index in [2.05, 4.69) is 27.7 Å². The molecule has 44 heavy (non-hydrogen) atoms. The Morgan fingerprint density at radius 2 is 1.18 bits per heavy atom. The van der Waals surface area contributed by atoms with E-state index in [0.29, 0.717) is 35.5 Å². The maximum Gasteiger partial charge on any atom is 0.201 e. The van der Waals surface area contributed by atoms with Crippen LogP contribution < -0.4 is 0 Å². The van der Waals surface area contributed by atoms with Gasteiger partial charge in [-0.15, -0.1) is 0 Å². The molecule has 8 saturated heterocycles. The summed E-state index contributed by atoms with van der Waals surface area (Å²) in [5.41, 5.74) is -1.12. The van der Waals surface area contributed by atoms with Gasteiger partial charge in [-0.2, -0.15) is 0 Å². The molecule has 0 radical (unpaired) electrons. The van der Waals surface area contributed by atoms with Crippen LogP contribution in [0.5, 0.6) is 0 Å². The number of ether oxygens (including phenoxy) is 4. The highest BCUT2D eigenvalue weighted by molar-refractivity contribution is 5.12. The lowest BCUT2D eigenvalue weighted by Gasteiger charge is -2.61. The van der Waals surface area contributed by atoms with Gasteiger partial charge in [0, 0.05) is 31.3 Å². The summed E-state index contributed by atoms with van der Waals surface area (Å²) in [5, 5.41) is 10.8. The van der Waals surface area contributed by atoms with E-state index in [1.807, 2.05) is 13.8 Å². The fourth-order valence-corrected chi connectivity index (χ4v) is 11.8. The monoisotopic (exact) mass is 620 g/mol. The van der Waals surface area contributed by atoms with Gasteiger partial charge < -0.3 is 24.1 Å². The fourth-order valence-electron chi connectivity index (χ4n) is 11.8. The largest absolute Gasteiger partial charge is 0.396 e. The van der Waals surface area contributed by atoms with Crippen molar-refractivity contribution in [2.75, 3.05) is 6.61 Å². The Bertz CT molecular complexity index is 1090. The van der Waals surface area contributed by atoms with E-state index in [1.54, 1.807) is 0 Å². The van der Waals surface area contributed by atoms with E-state index >= 15 is 0 Å². The van der Waals surface area contributed by atoms with Gasteiger partial charge in [-0.25, -0.2) is 19.6 Å². The first-order valence-electron chi connectivity index (χ1n) is 18.1. The molecule has 1 unspecified atom stereocenters. The molecular weight excluding hydrogens is 564 g/mol. The van der Waals surface area contributed by atoms with Crippen molar-refractivity contribution in [1.82, 2.24) is 0 Å². The van der Waals surface area contributed by atoms with Gasteiger partial charge in [-0.3, -0.25) is 0 Å². The van der Waals surface area contributed by atoms with Crippen molar-refractivity contribution in [1.29, 1.82) is 0 Å². The molecule has 8 heterocycles. The van der Waals surface area contributed by atoms with E-state index in [-0.39, 0.29) is 36.6 Å². The summed E-state index contributed by atoms with van der Waals surface area (Å²) in [6, 6.07) is 0. The van der Waals surface area contributed by atoms with Crippen LogP contribution in [0.3, 0.4) is 0 Å². The smallest absolute Gasteiger partial charge is 0.201 e. The Labute approximate surface area is 263 Å². The predicted octanol–water partition coefficient (Wildman–Crippen LogP) is 6.27. The lowest BCUT2D eigenvalue weighted by molar-refractivity contribution is -0.572. The van der Waals surface area contributed by atoms with Crippen molar-refractivity contribution < 1.29 is 43.6 Å². The van der Waals surface area contributed by atoms with Crippen molar-refractivity contribution >= 4 is 0 Å². The highest BCUT2D eigenvalue weighted by Crippen LogP contribution is 2.63. The predicted molar refractivity (Wildman–Crippen MR) is 158 cm³/mol. The summed E-state index contributed by atoms with van der Waals surface area (Å²) in [6.07, 6.45) is 9.79. The van der Waals surface area contributed by atoms with Crippen LogP contribution in [-0.4, -0.2) is 59.3 Å². The molecule has 2 saturated carbocycles. The standard InChI is InChI=1S/C35H56O9/c1-7-23-27-11-9-20(3)25-13-15-33(6)40-31(35(25,27)44-42-33)38-29(23)17-22(18-36)16-28-21(4)26-10-8-19(2)24-12-14-32(5)39-30(37-28)34(24,26)43-41-32/h19-31,36H,7-18H2,1-6H3/t19-,20-,21-,22?,23-,24+,25+,26+,27+,28-,29-,30-,31-,32+,33+,34-,35-/m1/s1. The average Bonchev–Trinajstić information content (AvgIpc) is 3.37. The van der Waals surface area contributed by atoms with Crippen LogP contribution in [-0.2, 0) is 38.5 Å². The van der Waals surface area contributed by atoms with Gasteiger partial charge in [-0.05, 0) is 107 Å². The molecule has 0 aromatic heterocycles. The lowest BCUT2D eigenvalue weighted by Crippen LogP contribution is -2.71. The summed E-state index contributed by atoms with van der Waals surface area (Å²) >= 11 is 0. The zero-order valence-corrected chi connectivity index (χ0v) is 27.7. The van der Waals surface area contributed by atoms with E-state index in [9.17, 15) is 5.11 Å². The number of rotatable bonds is 6. The second kappa shape index (κ2) is 10.8. The van der Waals surface area contributed by atoms with Crippen molar-refractivity contribution in [2.45, 2.75) is 160 Å². The molecule has 0 aromatic rings. The molecule has 0 aromatic carbocycles. The second-order valence-electron chi connectivity index (χ2n) is 16.6. The van der Waals surface area contributed by atoms with Crippen LogP contribution in [0.15, 0.2) is 0 Å². The zero-order valence-electron chi connectivity index (χ0n) is 27.7. The van der Waals surface area contributed by atoms with E-state index < -0.39 is 35.4 Å². The molecule has 8 aliphatic heterocycles. The highest BCUT2D eigenvalue weighted by Gasteiger charge is 2.71. The molecule has 10 rings (SSSR count). The minimum atomic E-state index is -0.783. The minimum absolute atomic E-state index is 0.0238. The Morgan fingerprint density at radius 3 is 1.75 bits per heavy atom. The van der Waals surface area contributed by atoms with Crippen molar-refractivity contribution in [3.8, 4) is 0 Å². The maximum absolute atomic E-state index is 10.8.